The molecule has 1 saturated heterocycles. The normalized spacial score (nSPS) is 19.9. The van der Waals surface area contributed by atoms with Gasteiger partial charge in [0.05, 0.1) is 16.9 Å². The minimum atomic E-state index is -3.22. The van der Waals surface area contributed by atoms with Gasteiger partial charge in [0.2, 0.25) is 15.9 Å². The van der Waals surface area contributed by atoms with Crippen LogP contribution in [0.2, 0.25) is 0 Å². The van der Waals surface area contributed by atoms with Crippen LogP contribution in [-0.2, 0) is 14.8 Å². The Bertz CT molecular complexity index is 840. The van der Waals surface area contributed by atoms with E-state index in [0.717, 1.165) is 4.90 Å². The molecular weight excluding hydrogens is 370 g/mol. The van der Waals surface area contributed by atoms with E-state index < -0.39 is 33.8 Å². The third kappa shape index (κ3) is 3.61. The quantitative estimate of drug-likeness (QED) is 0.738. The molecule has 0 spiro atoms. The van der Waals surface area contributed by atoms with Gasteiger partial charge in [-0.1, -0.05) is 12.1 Å². The Hall–Kier alpha value is -2.26. The van der Waals surface area contributed by atoms with E-state index in [9.17, 15) is 22.8 Å². The molecule has 2 aliphatic heterocycles. The average Bonchev–Trinajstić information content (AvgIpc) is 2.92. The molecule has 2 heterocycles. The number of hydrogen-bond acceptors (Lipinski definition) is 5. The number of fused-ring (bicyclic) bond motifs is 1. The average molecular weight is 393 g/mol. The highest BCUT2D eigenvalue weighted by atomic mass is 32.2. The van der Waals surface area contributed by atoms with Crippen LogP contribution < -0.4 is 5.32 Å². The molecule has 9 heteroatoms. The van der Waals surface area contributed by atoms with Gasteiger partial charge < -0.3 is 5.32 Å². The van der Waals surface area contributed by atoms with Crippen LogP contribution >= 0.6 is 0 Å². The molecule has 8 nitrogen and oxygen atoms in total. The Morgan fingerprint density at radius 2 is 1.67 bits per heavy atom. The van der Waals surface area contributed by atoms with Gasteiger partial charge in [0.15, 0.2) is 0 Å². The lowest BCUT2D eigenvalue weighted by atomic mass is 10.1. The minimum Gasteiger partial charge on any atom is -0.351 e. The first kappa shape index (κ1) is 19.5. The standard InChI is InChI=1S/C18H23N3O5S/c1-3-27(25,26)20-10-8-13(9-11-20)19-16(22)12(2)21-17(23)14-6-4-5-7-15(14)18(21)24/h4-7,12-13H,3,8-11H2,1-2H3,(H,19,22). The molecule has 146 valence electrons. The second kappa shape index (κ2) is 7.40. The molecular formula is C18H23N3O5S. The molecule has 1 fully saturated rings. The molecule has 0 radical (unpaired) electrons. The van der Waals surface area contributed by atoms with Crippen molar-refractivity contribution in [1.82, 2.24) is 14.5 Å². The molecule has 1 aromatic carbocycles. The van der Waals surface area contributed by atoms with Gasteiger partial charge in [0, 0.05) is 19.1 Å². The van der Waals surface area contributed by atoms with Gasteiger partial charge >= 0.3 is 0 Å². The first-order chi connectivity index (χ1) is 12.8. The number of sulfonamides is 1. The van der Waals surface area contributed by atoms with Gasteiger partial charge in [-0.3, -0.25) is 19.3 Å². The third-order valence-corrected chi connectivity index (χ3v) is 7.03. The molecule has 3 rings (SSSR count). The number of hydrogen-bond donors (Lipinski definition) is 1. The number of piperidine rings is 1. The van der Waals surface area contributed by atoms with Gasteiger partial charge in [-0.2, -0.15) is 0 Å². The van der Waals surface area contributed by atoms with Crippen molar-refractivity contribution >= 4 is 27.7 Å². The lowest BCUT2D eigenvalue weighted by molar-refractivity contribution is -0.125. The predicted molar refractivity (Wildman–Crippen MR) is 98.6 cm³/mol. The van der Waals surface area contributed by atoms with Crippen LogP contribution in [0.15, 0.2) is 24.3 Å². The Labute approximate surface area is 158 Å². The zero-order valence-corrected chi connectivity index (χ0v) is 16.2. The summed E-state index contributed by atoms with van der Waals surface area (Å²) in [5.74, 6) is -1.30. The molecule has 27 heavy (non-hydrogen) atoms. The van der Waals surface area contributed by atoms with Crippen molar-refractivity contribution in [3.05, 3.63) is 35.4 Å². The summed E-state index contributed by atoms with van der Waals surface area (Å²) < 4.78 is 25.2. The fourth-order valence-corrected chi connectivity index (χ4v) is 4.59. The van der Waals surface area contributed by atoms with Crippen molar-refractivity contribution in [3.63, 3.8) is 0 Å². The molecule has 3 amide bonds. The number of benzene rings is 1. The summed E-state index contributed by atoms with van der Waals surface area (Å²) in [4.78, 5) is 38.5. The minimum absolute atomic E-state index is 0.0564. The molecule has 0 aliphatic carbocycles. The molecule has 1 N–H and O–H groups in total. The SMILES string of the molecule is CCS(=O)(=O)N1CCC(NC(=O)C(C)N2C(=O)c3ccccc3C2=O)CC1. The number of amides is 3. The lowest BCUT2D eigenvalue weighted by Crippen LogP contribution is -2.53. The summed E-state index contributed by atoms with van der Waals surface area (Å²) >= 11 is 0. The molecule has 1 aromatic rings. The topological polar surface area (TPSA) is 104 Å². The van der Waals surface area contributed by atoms with Crippen molar-refractivity contribution in [3.8, 4) is 0 Å². The molecule has 0 bridgehead atoms. The number of nitrogens with zero attached hydrogens (tertiary/aromatic N) is 2. The fraction of sp³-hybridized carbons (Fsp3) is 0.500. The zero-order chi connectivity index (χ0) is 19.8. The second-order valence-corrected chi connectivity index (χ2v) is 9.04. The van der Waals surface area contributed by atoms with Crippen LogP contribution in [0.25, 0.3) is 0 Å². The van der Waals surface area contributed by atoms with E-state index in [0.29, 0.717) is 37.1 Å². The summed E-state index contributed by atoms with van der Waals surface area (Å²) in [6.07, 6.45) is 1.000. The zero-order valence-electron chi connectivity index (χ0n) is 15.3. The van der Waals surface area contributed by atoms with Gasteiger partial charge in [-0.05, 0) is 38.8 Å². The fourth-order valence-electron chi connectivity index (χ4n) is 3.46. The number of nitrogens with one attached hydrogen (secondary N) is 1. The number of rotatable bonds is 5. The van der Waals surface area contributed by atoms with Gasteiger partial charge in [0.1, 0.15) is 6.04 Å². The maximum absolute atomic E-state index is 12.6. The highest BCUT2D eigenvalue weighted by Gasteiger charge is 2.41. The summed E-state index contributed by atoms with van der Waals surface area (Å²) in [6, 6.07) is 5.38. The number of carbonyl (C=O) groups is 3. The van der Waals surface area contributed by atoms with Gasteiger partial charge in [-0.15, -0.1) is 0 Å². The second-order valence-electron chi connectivity index (χ2n) is 6.78. The Morgan fingerprint density at radius 3 is 2.15 bits per heavy atom. The lowest BCUT2D eigenvalue weighted by Gasteiger charge is -2.32. The van der Waals surface area contributed by atoms with E-state index >= 15 is 0 Å². The van der Waals surface area contributed by atoms with Gasteiger partial charge in [0.25, 0.3) is 11.8 Å². The first-order valence-electron chi connectivity index (χ1n) is 9.01. The van der Waals surface area contributed by atoms with E-state index in [1.807, 2.05) is 0 Å². The Morgan fingerprint density at radius 1 is 1.15 bits per heavy atom. The van der Waals surface area contributed by atoms with Gasteiger partial charge in [-0.25, -0.2) is 12.7 Å². The van der Waals surface area contributed by atoms with Crippen LogP contribution in [0.4, 0.5) is 0 Å². The highest BCUT2D eigenvalue weighted by molar-refractivity contribution is 7.89. The Balaban J connectivity index is 1.61. The van der Waals surface area contributed by atoms with E-state index in [1.54, 1.807) is 31.2 Å². The molecule has 2 aliphatic rings. The van der Waals surface area contributed by atoms with Crippen molar-refractivity contribution in [2.45, 2.75) is 38.8 Å². The summed E-state index contributed by atoms with van der Waals surface area (Å²) in [5.41, 5.74) is 0.612. The highest BCUT2D eigenvalue weighted by Crippen LogP contribution is 2.24. The molecule has 1 unspecified atom stereocenters. The monoisotopic (exact) mass is 393 g/mol. The number of imide groups is 1. The summed E-state index contributed by atoms with van der Waals surface area (Å²) in [7, 11) is -3.22. The van der Waals surface area contributed by atoms with Crippen LogP contribution in [0.5, 0.6) is 0 Å². The van der Waals surface area contributed by atoms with Crippen LogP contribution in [0, 0.1) is 0 Å². The maximum Gasteiger partial charge on any atom is 0.262 e. The third-order valence-electron chi connectivity index (χ3n) is 5.15. The molecule has 0 aromatic heterocycles. The summed E-state index contributed by atoms with van der Waals surface area (Å²) in [6.45, 7) is 3.83. The van der Waals surface area contributed by atoms with Crippen molar-refractivity contribution in [1.29, 1.82) is 0 Å². The molecule has 1 atom stereocenters. The smallest absolute Gasteiger partial charge is 0.262 e. The Kier molecular flexibility index (Phi) is 5.34. The van der Waals surface area contributed by atoms with Crippen molar-refractivity contribution in [2.24, 2.45) is 0 Å². The van der Waals surface area contributed by atoms with E-state index in [4.69, 9.17) is 0 Å². The van der Waals surface area contributed by atoms with E-state index in [-0.39, 0.29) is 11.8 Å². The first-order valence-corrected chi connectivity index (χ1v) is 10.6. The van der Waals surface area contributed by atoms with Crippen molar-refractivity contribution in [2.75, 3.05) is 18.8 Å². The van der Waals surface area contributed by atoms with Crippen molar-refractivity contribution < 1.29 is 22.8 Å². The van der Waals surface area contributed by atoms with E-state index in [2.05, 4.69) is 5.32 Å². The van der Waals surface area contributed by atoms with Crippen LogP contribution in [-0.4, -0.2) is 66.3 Å². The van der Waals surface area contributed by atoms with E-state index in [1.165, 1.54) is 11.2 Å². The maximum atomic E-state index is 12.6. The largest absolute Gasteiger partial charge is 0.351 e. The van der Waals surface area contributed by atoms with Crippen LogP contribution in [0.1, 0.15) is 47.4 Å². The number of carbonyl (C=O) groups excluding carboxylic acids is 3. The van der Waals surface area contributed by atoms with Crippen LogP contribution in [0.3, 0.4) is 0 Å². The summed E-state index contributed by atoms with van der Waals surface area (Å²) in [5, 5.41) is 2.85. The molecule has 0 saturated carbocycles. The predicted octanol–water partition coefficient (Wildman–Crippen LogP) is 0.601.